The predicted molar refractivity (Wildman–Crippen MR) is 98.1 cm³/mol. The van der Waals surface area contributed by atoms with Crippen LogP contribution in [0.15, 0.2) is 23.8 Å². The standard InChI is InChI=1S/C20H20O12/c1-29-13(22)8-7-10-11(20(28,12(8)21)17(26)32-4)9-5-6-18(10,15(24)30-2)14(23)19(9,27)16(25)31-3/h5-7,9-11,27-28H,1-4H3/t9-,10+,11+,18-,19+,20+/m1/s1. The quantitative estimate of drug-likeness (QED) is 0.152. The average molecular weight is 452 g/mol. The highest BCUT2D eigenvalue weighted by Crippen LogP contribution is 2.61. The summed E-state index contributed by atoms with van der Waals surface area (Å²) in [7, 11) is 3.58. The summed E-state index contributed by atoms with van der Waals surface area (Å²) in [5, 5.41) is 22.5. The highest BCUT2D eigenvalue weighted by atomic mass is 16.6. The van der Waals surface area contributed by atoms with Gasteiger partial charge in [0.2, 0.25) is 17.0 Å². The molecule has 0 heterocycles. The number of ketones is 2. The summed E-state index contributed by atoms with van der Waals surface area (Å²) in [6, 6.07) is 0. The fraction of sp³-hybridized carbons (Fsp3) is 0.500. The smallest absolute Gasteiger partial charge is 0.346 e. The monoisotopic (exact) mass is 452 g/mol. The van der Waals surface area contributed by atoms with Gasteiger partial charge in [0.05, 0.1) is 28.4 Å². The van der Waals surface area contributed by atoms with Crippen LogP contribution in [-0.2, 0) is 47.7 Å². The summed E-state index contributed by atoms with van der Waals surface area (Å²) in [5.74, 6) is -13.4. The molecule has 32 heavy (non-hydrogen) atoms. The van der Waals surface area contributed by atoms with Gasteiger partial charge in [0, 0.05) is 17.8 Å². The molecule has 0 aliphatic heterocycles. The fourth-order valence-corrected chi connectivity index (χ4v) is 4.96. The second kappa shape index (κ2) is 7.35. The molecule has 0 saturated heterocycles. The van der Waals surface area contributed by atoms with Gasteiger partial charge in [0.25, 0.3) is 0 Å². The van der Waals surface area contributed by atoms with Gasteiger partial charge in [-0.25, -0.2) is 14.4 Å². The first-order chi connectivity index (χ1) is 14.9. The van der Waals surface area contributed by atoms with E-state index in [4.69, 9.17) is 4.74 Å². The van der Waals surface area contributed by atoms with Crippen LogP contribution in [0.3, 0.4) is 0 Å². The summed E-state index contributed by atoms with van der Waals surface area (Å²) in [6.07, 6.45) is 3.00. The van der Waals surface area contributed by atoms with E-state index in [1.165, 1.54) is 0 Å². The van der Waals surface area contributed by atoms with E-state index in [0.717, 1.165) is 46.7 Å². The average Bonchev–Trinajstić information content (AvgIpc) is 2.81. The molecule has 4 aliphatic carbocycles. The summed E-state index contributed by atoms with van der Waals surface area (Å²) in [4.78, 5) is 76.9. The minimum atomic E-state index is -3.17. The van der Waals surface area contributed by atoms with E-state index in [1.807, 2.05) is 0 Å². The Kier molecular flexibility index (Phi) is 5.35. The van der Waals surface area contributed by atoms with E-state index >= 15 is 0 Å². The summed E-state index contributed by atoms with van der Waals surface area (Å²) in [6.45, 7) is 0. The fourth-order valence-electron chi connectivity index (χ4n) is 4.96. The van der Waals surface area contributed by atoms with E-state index in [2.05, 4.69) is 14.2 Å². The largest absolute Gasteiger partial charge is 0.468 e. The van der Waals surface area contributed by atoms with Crippen molar-refractivity contribution in [2.24, 2.45) is 23.2 Å². The Bertz CT molecular complexity index is 1010. The van der Waals surface area contributed by atoms with E-state index in [9.17, 15) is 39.0 Å². The molecule has 4 aliphatic rings. The second-order valence-corrected chi connectivity index (χ2v) is 7.54. The Balaban J connectivity index is 2.45. The molecule has 172 valence electrons. The molecule has 1 fully saturated rings. The Labute approximate surface area is 180 Å². The number of rotatable bonds is 4. The molecule has 0 aromatic rings. The molecule has 0 amide bonds. The van der Waals surface area contributed by atoms with Crippen molar-refractivity contribution in [3.05, 3.63) is 23.8 Å². The predicted octanol–water partition coefficient (Wildman–Crippen LogP) is -2.36. The molecule has 12 nitrogen and oxygen atoms in total. The van der Waals surface area contributed by atoms with E-state index in [0.29, 0.717) is 0 Å². The van der Waals surface area contributed by atoms with Gasteiger partial charge < -0.3 is 29.2 Å². The summed E-state index contributed by atoms with van der Waals surface area (Å²) in [5.41, 5.74) is -9.54. The Morgan fingerprint density at radius 2 is 1.34 bits per heavy atom. The highest BCUT2D eigenvalue weighted by Gasteiger charge is 2.79. The second-order valence-electron chi connectivity index (χ2n) is 7.54. The zero-order chi connectivity index (χ0) is 24.2. The molecule has 2 N–H and O–H groups in total. The zero-order valence-corrected chi connectivity index (χ0v) is 17.4. The Morgan fingerprint density at radius 3 is 1.84 bits per heavy atom. The van der Waals surface area contributed by atoms with E-state index < -0.39 is 75.4 Å². The van der Waals surface area contributed by atoms with Crippen molar-refractivity contribution in [2.45, 2.75) is 11.2 Å². The number of hydrogen-bond acceptors (Lipinski definition) is 12. The molecular formula is C20H20O12. The first-order valence-electron chi connectivity index (χ1n) is 9.23. The van der Waals surface area contributed by atoms with Crippen molar-refractivity contribution in [3.63, 3.8) is 0 Å². The molecular weight excluding hydrogens is 432 g/mol. The maximum Gasteiger partial charge on any atom is 0.346 e. The maximum atomic E-state index is 13.4. The van der Waals surface area contributed by atoms with Gasteiger partial charge in [0.1, 0.15) is 5.57 Å². The lowest BCUT2D eigenvalue weighted by molar-refractivity contribution is -0.213. The number of allylic oxidation sites excluding steroid dienone is 1. The normalized spacial score (nSPS) is 37.2. The van der Waals surface area contributed by atoms with Gasteiger partial charge in [-0.05, 0) is 0 Å². The van der Waals surface area contributed by atoms with Crippen molar-refractivity contribution in [2.75, 3.05) is 28.4 Å². The van der Waals surface area contributed by atoms with Crippen molar-refractivity contribution < 1.29 is 57.9 Å². The van der Waals surface area contributed by atoms with Crippen LogP contribution in [0.5, 0.6) is 0 Å². The molecule has 0 radical (unpaired) electrons. The third-order valence-electron chi connectivity index (χ3n) is 6.41. The molecule has 0 aromatic heterocycles. The maximum absolute atomic E-state index is 13.4. The number of aliphatic hydroxyl groups is 2. The van der Waals surface area contributed by atoms with Gasteiger partial charge in [-0.1, -0.05) is 18.2 Å². The molecule has 12 heteroatoms. The molecule has 2 bridgehead atoms. The highest BCUT2D eigenvalue weighted by molar-refractivity contribution is 6.29. The Morgan fingerprint density at radius 1 is 0.812 bits per heavy atom. The van der Waals surface area contributed by atoms with Gasteiger partial charge in [-0.15, -0.1) is 0 Å². The van der Waals surface area contributed by atoms with Crippen LogP contribution in [0.2, 0.25) is 0 Å². The third kappa shape index (κ3) is 2.44. The SMILES string of the molecule is COC(=O)C1=C[C@H]2[C@H]([C@H]3C=C[C@]2(C(=O)OC)C(=O)[C@]3(O)C(=O)OC)[C@@](O)(C(=O)OC)C1=O. The molecule has 6 atom stereocenters. The van der Waals surface area contributed by atoms with Gasteiger partial charge in [-0.2, -0.15) is 0 Å². The minimum absolute atomic E-state index is 0.819. The number of ether oxygens (including phenoxy) is 4. The number of fused-ring (bicyclic) bond motifs is 1. The van der Waals surface area contributed by atoms with Crippen LogP contribution in [0, 0.1) is 23.2 Å². The minimum Gasteiger partial charge on any atom is -0.468 e. The number of Topliss-reactive ketones (excluding diaryl/α,β-unsaturated/α-hetero) is 2. The van der Waals surface area contributed by atoms with Crippen LogP contribution >= 0.6 is 0 Å². The van der Waals surface area contributed by atoms with Crippen LogP contribution in [0.25, 0.3) is 0 Å². The van der Waals surface area contributed by atoms with E-state index in [-0.39, 0.29) is 0 Å². The molecule has 1 saturated carbocycles. The lowest BCUT2D eigenvalue weighted by atomic mass is 9.43. The number of carbonyl (C=O) groups excluding carboxylic acids is 6. The lowest BCUT2D eigenvalue weighted by Gasteiger charge is -2.58. The summed E-state index contributed by atoms with van der Waals surface area (Å²) >= 11 is 0. The number of carbonyl (C=O) groups is 6. The van der Waals surface area contributed by atoms with Crippen molar-refractivity contribution in [1.82, 2.24) is 0 Å². The van der Waals surface area contributed by atoms with Gasteiger partial charge in [0.15, 0.2) is 11.2 Å². The van der Waals surface area contributed by atoms with E-state index in [1.54, 1.807) is 0 Å². The molecule has 0 aromatic carbocycles. The third-order valence-corrected chi connectivity index (χ3v) is 6.41. The topological polar surface area (TPSA) is 180 Å². The van der Waals surface area contributed by atoms with Crippen molar-refractivity contribution in [3.8, 4) is 0 Å². The van der Waals surface area contributed by atoms with Gasteiger partial charge in [-0.3, -0.25) is 14.4 Å². The van der Waals surface area contributed by atoms with Crippen LogP contribution in [0.1, 0.15) is 0 Å². The van der Waals surface area contributed by atoms with Crippen LogP contribution < -0.4 is 0 Å². The zero-order valence-electron chi connectivity index (χ0n) is 17.4. The van der Waals surface area contributed by atoms with Crippen molar-refractivity contribution in [1.29, 1.82) is 0 Å². The Hall–Kier alpha value is -3.38. The van der Waals surface area contributed by atoms with Gasteiger partial charge >= 0.3 is 23.9 Å². The lowest BCUT2D eigenvalue weighted by Crippen LogP contribution is -2.77. The van der Waals surface area contributed by atoms with Crippen LogP contribution in [0.4, 0.5) is 0 Å². The van der Waals surface area contributed by atoms with Crippen molar-refractivity contribution >= 4 is 35.4 Å². The molecule has 4 rings (SSSR count). The number of hydrogen-bond donors (Lipinski definition) is 2. The number of methoxy groups -OCH3 is 4. The summed E-state index contributed by atoms with van der Waals surface area (Å²) < 4.78 is 18.4. The number of esters is 4. The molecule has 0 spiro atoms. The van der Waals surface area contributed by atoms with Crippen LogP contribution in [-0.4, -0.2) is 85.3 Å². The first-order valence-corrected chi connectivity index (χ1v) is 9.23. The first kappa shape index (κ1) is 23.3. The molecule has 0 unspecified atom stereocenters.